The number of carbonyl (C=O) groups excluding carboxylic acids is 1. The van der Waals surface area contributed by atoms with Crippen molar-refractivity contribution in [2.75, 3.05) is 0 Å². The molecular weight excluding hydrogens is 309 g/mol. The molecule has 2 aromatic carbocycles. The van der Waals surface area contributed by atoms with E-state index in [0.717, 1.165) is 5.56 Å². The molecule has 0 saturated carbocycles. The summed E-state index contributed by atoms with van der Waals surface area (Å²) >= 11 is 0. The van der Waals surface area contributed by atoms with Crippen LogP contribution < -0.4 is 5.32 Å². The van der Waals surface area contributed by atoms with Crippen LogP contribution in [-0.2, 0) is 16.0 Å². The lowest BCUT2D eigenvalue weighted by Crippen LogP contribution is -2.42. The first kappa shape index (κ1) is 17.7. The molecule has 126 valence electrons. The topological polar surface area (TPSA) is 66.4 Å². The molecule has 0 saturated heterocycles. The van der Waals surface area contributed by atoms with Crippen LogP contribution in [-0.4, -0.2) is 23.0 Å². The van der Waals surface area contributed by atoms with Gasteiger partial charge in [0, 0.05) is 12.8 Å². The third-order valence-electron chi connectivity index (χ3n) is 3.83. The van der Waals surface area contributed by atoms with Crippen molar-refractivity contribution in [3.63, 3.8) is 0 Å². The van der Waals surface area contributed by atoms with Crippen molar-refractivity contribution in [1.82, 2.24) is 5.32 Å². The van der Waals surface area contributed by atoms with E-state index in [4.69, 9.17) is 0 Å². The number of halogens is 1. The summed E-state index contributed by atoms with van der Waals surface area (Å²) in [5.74, 6) is -2.00. The number of rotatable bonds is 7. The van der Waals surface area contributed by atoms with Crippen LogP contribution in [0.15, 0.2) is 54.6 Å². The largest absolute Gasteiger partial charge is 0.480 e. The Balaban J connectivity index is 1.96. The zero-order valence-electron chi connectivity index (χ0n) is 13.4. The van der Waals surface area contributed by atoms with Crippen LogP contribution in [0, 0.1) is 5.82 Å². The fourth-order valence-corrected chi connectivity index (χ4v) is 2.51. The molecule has 24 heavy (non-hydrogen) atoms. The maximum absolute atomic E-state index is 13.2. The zero-order chi connectivity index (χ0) is 17.5. The molecule has 2 N–H and O–H groups in total. The van der Waals surface area contributed by atoms with E-state index in [1.807, 2.05) is 30.3 Å². The fraction of sp³-hybridized carbons (Fsp3) is 0.263. The first-order chi connectivity index (χ1) is 11.5. The average molecular weight is 329 g/mol. The molecular formula is C19H20FNO3. The number of hydrogen-bond donors (Lipinski definition) is 2. The summed E-state index contributed by atoms with van der Waals surface area (Å²) in [6.45, 7) is 1.81. The highest BCUT2D eigenvalue weighted by atomic mass is 19.1. The van der Waals surface area contributed by atoms with Gasteiger partial charge in [0.25, 0.3) is 0 Å². The lowest BCUT2D eigenvalue weighted by atomic mass is 9.97. The van der Waals surface area contributed by atoms with Crippen LogP contribution in [0.25, 0.3) is 0 Å². The normalized spacial score (nSPS) is 13.1. The Labute approximate surface area is 140 Å². The summed E-state index contributed by atoms with van der Waals surface area (Å²) in [6, 6.07) is 14.2. The molecule has 2 atom stereocenters. The Kier molecular flexibility index (Phi) is 6.07. The van der Waals surface area contributed by atoms with E-state index >= 15 is 0 Å². The smallest absolute Gasteiger partial charge is 0.326 e. The van der Waals surface area contributed by atoms with Gasteiger partial charge in [0.2, 0.25) is 5.91 Å². The number of carboxylic acids is 1. The molecule has 2 rings (SSSR count). The maximum atomic E-state index is 13.2. The summed E-state index contributed by atoms with van der Waals surface area (Å²) in [6.07, 6.45) is 0.318. The molecule has 0 spiro atoms. The number of carbonyl (C=O) groups is 2. The van der Waals surface area contributed by atoms with Gasteiger partial charge in [0.15, 0.2) is 0 Å². The summed E-state index contributed by atoms with van der Waals surface area (Å²) in [5.41, 5.74) is 1.54. The Bertz CT molecular complexity index is 703. The second kappa shape index (κ2) is 8.24. The highest BCUT2D eigenvalue weighted by Crippen LogP contribution is 2.19. The van der Waals surface area contributed by atoms with E-state index in [-0.39, 0.29) is 30.5 Å². The van der Waals surface area contributed by atoms with Gasteiger partial charge in [-0.1, -0.05) is 49.4 Å². The SMILES string of the molecule is CC(CC(=O)N[C@H](Cc1ccccc1)C(=O)O)c1cccc(F)c1. The number of aliphatic carboxylic acids is 1. The van der Waals surface area contributed by atoms with Gasteiger partial charge in [-0.05, 0) is 29.2 Å². The minimum Gasteiger partial charge on any atom is -0.480 e. The van der Waals surface area contributed by atoms with Gasteiger partial charge in [0.1, 0.15) is 11.9 Å². The quantitative estimate of drug-likeness (QED) is 0.820. The number of benzene rings is 2. The van der Waals surface area contributed by atoms with Gasteiger partial charge in [0.05, 0.1) is 0 Å². The predicted molar refractivity (Wildman–Crippen MR) is 89.1 cm³/mol. The average Bonchev–Trinajstić information content (AvgIpc) is 2.55. The number of carboxylic acid groups (broad SMARTS) is 1. The van der Waals surface area contributed by atoms with E-state index in [2.05, 4.69) is 5.32 Å². The molecule has 0 fully saturated rings. The van der Waals surface area contributed by atoms with Gasteiger partial charge < -0.3 is 10.4 Å². The lowest BCUT2D eigenvalue weighted by Gasteiger charge is -2.17. The molecule has 0 aliphatic heterocycles. The van der Waals surface area contributed by atoms with Crippen molar-refractivity contribution in [1.29, 1.82) is 0 Å². The van der Waals surface area contributed by atoms with Gasteiger partial charge in [-0.3, -0.25) is 4.79 Å². The summed E-state index contributed by atoms with van der Waals surface area (Å²) in [7, 11) is 0. The van der Waals surface area contributed by atoms with Crippen molar-refractivity contribution in [3.8, 4) is 0 Å². The summed E-state index contributed by atoms with van der Waals surface area (Å²) in [5, 5.41) is 11.9. The first-order valence-electron chi connectivity index (χ1n) is 7.77. The first-order valence-corrected chi connectivity index (χ1v) is 7.77. The maximum Gasteiger partial charge on any atom is 0.326 e. The predicted octanol–water partition coefficient (Wildman–Crippen LogP) is 3.13. The molecule has 1 amide bonds. The van der Waals surface area contributed by atoms with Crippen molar-refractivity contribution < 1.29 is 19.1 Å². The van der Waals surface area contributed by atoms with Crippen molar-refractivity contribution in [3.05, 3.63) is 71.5 Å². The van der Waals surface area contributed by atoms with Crippen molar-refractivity contribution in [2.24, 2.45) is 0 Å². The third kappa shape index (κ3) is 5.19. The Morgan fingerprint density at radius 1 is 1.12 bits per heavy atom. The van der Waals surface area contributed by atoms with Crippen molar-refractivity contribution in [2.45, 2.75) is 31.7 Å². The molecule has 0 radical (unpaired) electrons. The van der Waals surface area contributed by atoms with E-state index in [1.54, 1.807) is 19.1 Å². The summed E-state index contributed by atoms with van der Waals surface area (Å²) in [4.78, 5) is 23.5. The van der Waals surface area contributed by atoms with Gasteiger partial charge >= 0.3 is 5.97 Å². The monoisotopic (exact) mass is 329 g/mol. The second-order valence-corrected chi connectivity index (χ2v) is 5.81. The highest BCUT2D eigenvalue weighted by molar-refractivity contribution is 5.84. The molecule has 4 nitrogen and oxygen atoms in total. The number of amides is 1. The van der Waals surface area contributed by atoms with Crippen LogP contribution in [0.1, 0.15) is 30.4 Å². The molecule has 0 aliphatic rings. The molecule has 2 aromatic rings. The van der Waals surface area contributed by atoms with Crippen molar-refractivity contribution >= 4 is 11.9 Å². The Morgan fingerprint density at radius 3 is 2.46 bits per heavy atom. The molecule has 0 aliphatic carbocycles. The molecule has 0 bridgehead atoms. The van der Waals surface area contributed by atoms with Crippen LogP contribution in [0.4, 0.5) is 4.39 Å². The van der Waals surface area contributed by atoms with E-state index in [0.29, 0.717) is 5.56 Å². The number of nitrogens with one attached hydrogen (secondary N) is 1. The van der Waals surface area contributed by atoms with Crippen LogP contribution in [0.5, 0.6) is 0 Å². The van der Waals surface area contributed by atoms with E-state index in [1.165, 1.54) is 12.1 Å². The van der Waals surface area contributed by atoms with Gasteiger partial charge in [-0.2, -0.15) is 0 Å². The lowest BCUT2D eigenvalue weighted by molar-refractivity contribution is -0.141. The number of hydrogen-bond acceptors (Lipinski definition) is 2. The van der Waals surface area contributed by atoms with Crippen LogP contribution >= 0.6 is 0 Å². The third-order valence-corrected chi connectivity index (χ3v) is 3.83. The second-order valence-electron chi connectivity index (χ2n) is 5.81. The standard InChI is InChI=1S/C19H20FNO3/c1-13(15-8-5-9-16(20)12-15)10-18(22)21-17(19(23)24)11-14-6-3-2-4-7-14/h2-9,12-13,17H,10-11H2,1H3,(H,21,22)(H,23,24)/t13?,17-/m1/s1. The van der Waals surface area contributed by atoms with Crippen LogP contribution in [0.3, 0.4) is 0 Å². The Hall–Kier alpha value is -2.69. The van der Waals surface area contributed by atoms with Gasteiger partial charge in [-0.25, -0.2) is 9.18 Å². The molecule has 0 aromatic heterocycles. The Morgan fingerprint density at radius 2 is 1.83 bits per heavy atom. The molecule has 5 heteroatoms. The van der Waals surface area contributed by atoms with Gasteiger partial charge in [-0.15, -0.1) is 0 Å². The highest BCUT2D eigenvalue weighted by Gasteiger charge is 2.21. The van der Waals surface area contributed by atoms with Crippen LogP contribution in [0.2, 0.25) is 0 Å². The summed E-state index contributed by atoms with van der Waals surface area (Å²) < 4.78 is 13.2. The van der Waals surface area contributed by atoms with E-state index < -0.39 is 12.0 Å². The molecule has 0 heterocycles. The minimum atomic E-state index is -1.08. The minimum absolute atomic E-state index is 0.0992. The van der Waals surface area contributed by atoms with E-state index in [9.17, 15) is 19.1 Å². The fourth-order valence-electron chi connectivity index (χ4n) is 2.51. The molecule has 1 unspecified atom stereocenters. The zero-order valence-corrected chi connectivity index (χ0v) is 13.4.